The normalized spacial score (nSPS) is 14.2. The zero-order valence-electron chi connectivity index (χ0n) is 10.4. The maximum Gasteiger partial charge on any atom is 0.422 e. The second-order valence-electron chi connectivity index (χ2n) is 4.10. The van der Waals surface area contributed by atoms with E-state index in [1.54, 1.807) is 0 Å². The van der Waals surface area contributed by atoms with Gasteiger partial charge in [0.1, 0.15) is 5.82 Å². The molecule has 1 aromatic carbocycles. The third kappa shape index (κ3) is 3.63. The van der Waals surface area contributed by atoms with Crippen LogP contribution in [-0.2, 0) is 4.79 Å². The average molecular weight is 373 g/mol. The summed E-state index contributed by atoms with van der Waals surface area (Å²) in [6, 6.07) is 2.11. The summed E-state index contributed by atoms with van der Waals surface area (Å²) in [4.78, 5) is 22.3. The lowest BCUT2D eigenvalue weighted by Gasteiger charge is -2.28. The number of amides is 2. The van der Waals surface area contributed by atoms with Crippen molar-refractivity contribution in [1.29, 1.82) is 0 Å². The summed E-state index contributed by atoms with van der Waals surface area (Å²) < 4.78 is 51.6. The SMILES string of the molecule is CC(NC(=O)Nc1c(F)cccc1Br)(C(=O)O)C(F)(F)F. The summed E-state index contributed by atoms with van der Waals surface area (Å²) >= 11 is 2.90. The number of benzene rings is 1. The van der Waals surface area contributed by atoms with E-state index in [-0.39, 0.29) is 11.4 Å². The Labute approximate surface area is 124 Å². The highest BCUT2D eigenvalue weighted by atomic mass is 79.9. The van der Waals surface area contributed by atoms with Crippen LogP contribution < -0.4 is 10.6 Å². The van der Waals surface area contributed by atoms with Crippen LogP contribution in [0.3, 0.4) is 0 Å². The number of nitrogens with one attached hydrogen (secondary N) is 2. The topological polar surface area (TPSA) is 78.4 Å². The van der Waals surface area contributed by atoms with Crippen molar-refractivity contribution in [3.63, 3.8) is 0 Å². The predicted octanol–water partition coefficient (Wildman–Crippen LogP) is 3.12. The lowest BCUT2D eigenvalue weighted by Crippen LogP contribution is -2.62. The monoisotopic (exact) mass is 372 g/mol. The number of hydrogen-bond acceptors (Lipinski definition) is 2. The number of hydrogen-bond donors (Lipinski definition) is 3. The van der Waals surface area contributed by atoms with Gasteiger partial charge in [-0.1, -0.05) is 6.07 Å². The van der Waals surface area contributed by atoms with Gasteiger partial charge in [-0.05, 0) is 35.0 Å². The van der Waals surface area contributed by atoms with Gasteiger partial charge in [-0.3, -0.25) is 0 Å². The van der Waals surface area contributed by atoms with E-state index in [4.69, 9.17) is 5.11 Å². The summed E-state index contributed by atoms with van der Waals surface area (Å²) in [5.41, 5.74) is -3.92. The van der Waals surface area contributed by atoms with Crippen molar-refractivity contribution in [3.05, 3.63) is 28.5 Å². The second-order valence-corrected chi connectivity index (χ2v) is 4.96. The summed E-state index contributed by atoms with van der Waals surface area (Å²) in [5.74, 6) is -3.19. The minimum atomic E-state index is -5.23. The zero-order chi connectivity index (χ0) is 16.4. The molecule has 1 aromatic rings. The molecule has 21 heavy (non-hydrogen) atoms. The lowest BCUT2D eigenvalue weighted by molar-refractivity contribution is -0.203. The molecule has 2 amide bonds. The number of carbonyl (C=O) groups is 2. The van der Waals surface area contributed by atoms with Crippen LogP contribution in [0.4, 0.5) is 28.0 Å². The Morgan fingerprint density at radius 1 is 1.29 bits per heavy atom. The first-order chi connectivity index (χ1) is 9.49. The van der Waals surface area contributed by atoms with E-state index in [0.717, 1.165) is 6.07 Å². The van der Waals surface area contributed by atoms with Gasteiger partial charge >= 0.3 is 18.2 Å². The van der Waals surface area contributed by atoms with Crippen molar-refractivity contribution < 1.29 is 32.3 Å². The Hall–Kier alpha value is -1.84. The fourth-order valence-electron chi connectivity index (χ4n) is 1.23. The van der Waals surface area contributed by atoms with E-state index in [1.807, 2.05) is 5.32 Å². The Balaban J connectivity index is 2.98. The number of carbonyl (C=O) groups excluding carboxylic acids is 1. The molecule has 1 unspecified atom stereocenters. The molecule has 116 valence electrons. The third-order valence-corrected chi connectivity index (χ3v) is 3.22. The molecule has 0 heterocycles. The van der Waals surface area contributed by atoms with Crippen molar-refractivity contribution >= 4 is 33.6 Å². The molecule has 0 fully saturated rings. The minimum absolute atomic E-state index is 0.0849. The van der Waals surface area contributed by atoms with Crippen molar-refractivity contribution in [1.82, 2.24) is 5.32 Å². The molecule has 0 aromatic heterocycles. The number of carboxylic acids is 1. The van der Waals surface area contributed by atoms with Gasteiger partial charge in [-0.15, -0.1) is 0 Å². The number of halogens is 5. The van der Waals surface area contributed by atoms with Gasteiger partial charge in [-0.2, -0.15) is 13.2 Å². The van der Waals surface area contributed by atoms with Gasteiger partial charge < -0.3 is 15.7 Å². The standard InChI is InChI=1S/C11H9BrF4N2O3/c1-10(8(19)20,11(14,15)16)18-9(21)17-7-5(12)3-2-4-6(7)13/h2-4H,1H3,(H,19,20)(H2,17,18,21). The third-order valence-electron chi connectivity index (χ3n) is 2.56. The molecule has 3 N–H and O–H groups in total. The van der Waals surface area contributed by atoms with E-state index in [1.165, 1.54) is 17.4 Å². The van der Waals surface area contributed by atoms with Gasteiger partial charge in [-0.25, -0.2) is 14.0 Å². The number of carboxylic acid groups (broad SMARTS) is 1. The van der Waals surface area contributed by atoms with Crippen LogP contribution in [0.5, 0.6) is 0 Å². The molecule has 5 nitrogen and oxygen atoms in total. The summed E-state index contributed by atoms with van der Waals surface area (Å²) in [7, 11) is 0. The lowest BCUT2D eigenvalue weighted by atomic mass is 10.0. The fourth-order valence-corrected chi connectivity index (χ4v) is 1.68. The molecule has 0 saturated heterocycles. The Morgan fingerprint density at radius 2 is 1.86 bits per heavy atom. The Kier molecular flexibility index (Phi) is 4.82. The van der Waals surface area contributed by atoms with E-state index >= 15 is 0 Å². The van der Waals surface area contributed by atoms with Gasteiger partial charge in [0.05, 0.1) is 5.69 Å². The Morgan fingerprint density at radius 3 is 2.29 bits per heavy atom. The quantitative estimate of drug-likeness (QED) is 0.713. The summed E-state index contributed by atoms with van der Waals surface area (Å²) in [5, 5.41) is 11.7. The molecule has 0 saturated carbocycles. The van der Waals surface area contributed by atoms with E-state index < -0.39 is 35.2 Å². The smallest absolute Gasteiger partial charge is 0.422 e. The Bertz CT molecular complexity index is 559. The van der Waals surface area contributed by atoms with E-state index in [9.17, 15) is 27.2 Å². The molecule has 0 aliphatic carbocycles. The maximum atomic E-state index is 13.4. The molecule has 0 radical (unpaired) electrons. The molecular formula is C11H9BrF4N2O3. The number of alkyl halides is 3. The molecule has 0 aliphatic rings. The number of para-hydroxylation sites is 1. The van der Waals surface area contributed by atoms with Crippen molar-refractivity contribution in [2.24, 2.45) is 0 Å². The highest BCUT2D eigenvalue weighted by Crippen LogP contribution is 2.31. The highest BCUT2D eigenvalue weighted by Gasteiger charge is 2.58. The highest BCUT2D eigenvalue weighted by molar-refractivity contribution is 9.10. The summed E-state index contributed by atoms with van der Waals surface area (Å²) in [6.45, 7) is 0.283. The average Bonchev–Trinajstić information content (AvgIpc) is 2.32. The second kappa shape index (κ2) is 5.88. The van der Waals surface area contributed by atoms with Crippen molar-refractivity contribution in [2.45, 2.75) is 18.6 Å². The number of urea groups is 1. The molecule has 0 spiro atoms. The van der Waals surface area contributed by atoms with Crippen LogP contribution in [-0.4, -0.2) is 28.8 Å². The van der Waals surface area contributed by atoms with Gasteiger partial charge in [0.25, 0.3) is 0 Å². The van der Waals surface area contributed by atoms with Gasteiger partial charge in [0, 0.05) is 4.47 Å². The van der Waals surface area contributed by atoms with Crippen molar-refractivity contribution in [2.75, 3.05) is 5.32 Å². The number of aliphatic carboxylic acids is 1. The van der Waals surface area contributed by atoms with Gasteiger partial charge in [0.15, 0.2) is 0 Å². The summed E-state index contributed by atoms with van der Waals surface area (Å²) in [6.07, 6.45) is -5.23. The van der Waals surface area contributed by atoms with Gasteiger partial charge in [0.2, 0.25) is 5.54 Å². The fraction of sp³-hybridized carbons (Fsp3) is 0.273. The first-order valence-electron chi connectivity index (χ1n) is 5.32. The molecule has 10 heteroatoms. The van der Waals surface area contributed by atoms with E-state index in [0.29, 0.717) is 0 Å². The van der Waals surface area contributed by atoms with Crippen molar-refractivity contribution in [3.8, 4) is 0 Å². The van der Waals surface area contributed by atoms with Crippen LogP contribution in [0.1, 0.15) is 6.92 Å². The predicted molar refractivity (Wildman–Crippen MR) is 68.4 cm³/mol. The maximum absolute atomic E-state index is 13.4. The first-order valence-corrected chi connectivity index (χ1v) is 6.11. The number of rotatable bonds is 3. The van der Waals surface area contributed by atoms with E-state index in [2.05, 4.69) is 15.9 Å². The van der Waals surface area contributed by atoms with Crippen LogP contribution in [0, 0.1) is 5.82 Å². The molecular weight excluding hydrogens is 364 g/mol. The molecule has 1 atom stereocenters. The molecule has 0 aliphatic heterocycles. The molecule has 0 bridgehead atoms. The first kappa shape index (κ1) is 17.2. The van der Waals surface area contributed by atoms with Crippen LogP contribution >= 0.6 is 15.9 Å². The molecule has 1 rings (SSSR count). The number of anilines is 1. The zero-order valence-corrected chi connectivity index (χ0v) is 12.0. The van der Waals surface area contributed by atoms with Crippen LogP contribution in [0.25, 0.3) is 0 Å². The van der Waals surface area contributed by atoms with Crippen LogP contribution in [0.2, 0.25) is 0 Å². The largest absolute Gasteiger partial charge is 0.479 e. The minimum Gasteiger partial charge on any atom is -0.479 e. The van der Waals surface area contributed by atoms with Crippen LogP contribution in [0.15, 0.2) is 22.7 Å².